The Morgan fingerprint density at radius 1 is 1.60 bits per heavy atom. The average Bonchev–Trinajstić information content (AvgIpc) is 2.37. The van der Waals surface area contributed by atoms with Gasteiger partial charge in [0.05, 0.1) is 5.56 Å². The molecule has 1 rings (SSSR count). The van der Waals surface area contributed by atoms with Crippen molar-refractivity contribution in [1.82, 2.24) is 0 Å². The topological polar surface area (TPSA) is 96.0 Å². The van der Waals surface area contributed by atoms with Crippen LogP contribution in [0.1, 0.15) is 22.9 Å². The van der Waals surface area contributed by atoms with E-state index in [1.165, 1.54) is 11.3 Å². The molecule has 0 saturated carbocycles. The van der Waals surface area contributed by atoms with Crippen molar-refractivity contribution < 1.29 is 8.42 Å². The summed E-state index contributed by atoms with van der Waals surface area (Å²) in [6.07, 6.45) is 0.692. The van der Waals surface area contributed by atoms with E-state index in [1.807, 2.05) is 19.9 Å². The van der Waals surface area contributed by atoms with Gasteiger partial charge in [-0.25, -0.2) is 5.14 Å². The van der Waals surface area contributed by atoms with Crippen molar-refractivity contribution in [3.63, 3.8) is 0 Å². The minimum atomic E-state index is -3.81. The lowest BCUT2D eigenvalue weighted by molar-refractivity contribution is 0.603. The highest BCUT2D eigenvalue weighted by molar-refractivity contribution is 7.90. The van der Waals surface area contributed by atoms with E-state index in [0.717, 1.165) is 10.4 Å². The Hall–Kier alpha value is -1.10. The summed E-state index contributed by atoms with van der Waals surface area (Å²) in [5.41, 5.74) is 1.24. The maximum atomic E-state index is 10.8. The first-order chi connectivity index (χ1) is 6.89. The van der Waals surface area contributed by atoms with Crippen LogP contribution >= 0.6 is 11.3 Å². The first-order valence-electron chi connectivity index (χ1n) is 4.22. The van der Waals surface area contributed by atoms with Crippen LogP contribution in [0, 0.1) is 18.3 Å². The van der Waals surface area contributed by atoms with Crippen molar-refractivity contribution >= 4 is 26.5 Å². The van der Waals surface area contributed by atoms with Gasteiger partial charge in [-0.1, -0.05) is 6.92 Å². The quantitative estimate of drug-likeness (QED) is 0.834. The Balaban J connectivity index is 3.27. The Morgan fingerprint density at radius 3 is 2.60 bits per heavy atom. The van der Waals surface area contributed by atoms with Crippen molar-refractivity contribution in [2.45, 2.75) is 20.3 Å². The minimum absolute atomic E-state index is 0.300. The van der Waals surface area contributed by atoms with Crippen LogP contribution in [0.3, 0.4) is 0 Å². The Bertz CT molecular complexity index is 511. The summed E-state index contributed by atoms with van der Waals surface area (Å²) < 4.78 is 23.8. The molecule has 0 amide bonds. The number of hydrogen-bond donors (Lipinski definition) is 2. The molecule has 0 bridgehead atoms. The number of hydrogen-bond acceptors (Lipinski definition) is 4. The van der Waals surface area contributed by atoms with E-state index in [0.29, 0.717) is 17.0 Å². The van der Waals surface area contributed by atoms with Crippen molar-refractivity contribution in [2.24, 2.45) is 5.14 Å². The zero-order valence-electron chi connectivity index (χ0n) is 8.36. The molecule has 0 spiro atoms. The second-order valence-electron chi connectivity index (χ2n) is 2.95. The van der Waals surface area contributed by atoms with Gasteiger partial charge in [-0.05, 0) is 18.9 Å². The normalized spacial score (nSPS) is 11.1. The third-order valence-electron chi connectivity index (χ3n) is 1.91. The molecule has 0 aliphatic carbocycles. The molecule has 0 saturated heterocycles. The Kier molecular flexibility index (Phi) is 3.34. The molecule has 5 nitrogen and oxygen atoms in total. The summed E-state index contributed by atoms with van der Waals surface area (Å²) in [5, 5.41) is 14.1. The van der Waals surface area contributed by atoms with Crippen molar-refractivity contribution in [3.05, 3.63) is 16.0 Å². The number of thiophene rings is 1. The van der Waals surface area contributed by atoms with E-state index in [-0.39, 0.29) is 0 Å². The molecule has 1 aromatic rings. The molecule has 82 valence electrons. The first kappa shape index (κ1) is 12.0. The molecule has 3 N–H and O–H groups in total. The molecule has 0 fully saturated rings. The lowest BCUT2D eigenvalue weighted by Gasteiger charge is -2.00. The highest BCUT2D eigenvalue weighted by atomic mass is 32.2. The van der Waals surface area contributed by atoms with Gasteiger partial charge in [-0.2, -0.15) is 13.7 Å². The molecular weight excluding hydrogens is 234 g/mol. The molecular formula is C8H11N3O2S2. The largest absolute Gasteiger partial charge is 0.297 e. The van der Waals surface area contributed by atoms with Crippen molar-refractivity contribution in [1.29, 1.82) is 5.26 Å². The highest BCUT2D eigenvalue weighted by Gasteiger charge is 2.16. The number of rotatable bonds is 3. The zero-order valence-corrected chi connectivity index (χ0v) is 10.00. The van der Waals surface area contributed by atoms with E-state index in [9.17, 15) is 8.42 Å². The minimum Gasteiger partial charge on any atom is -0.261 e. The molecule has 15 heavy (non-hydrogen) atoms. The molecule has 0 atom stereocenters. The van der Waals surface area contributed by atoms with E-state index in [2.05, 4.69) is 4.72 Å². The average molecular weight is 245 g/mol. The van der Waals surface area contributed by atoms with Crippen LogP contribution in [0.5, 0.6) is 0 Å². The fraction of sp³-hybridized carbons (Fsp3) is 0.375. The van der Waals surface area contributed by atoms with Crippen LogP contribution in [-0.2, 0) is 16.6 Å². The van der Waals surface area contributed by atoms with Crippen LogP contribution in [0.25, 0.3) is 0 Å². The Morgan fingerprint density at radius 2 is 2.20 bits per heavy atom. The van der Waals surface area contributed by atoms with E-state index in [1.54, 1.807) is 0 Å². The van der Waals surface area contributed by atoms with Gasteiger partial charge in [0.1, 0.15) is 11.1 Å². The van der Waals surface area contributed by atoms with Gasteiger partial charge in [0.15, 0.2) is 0 Å². The summed E-state index contributed by atoms with van der Waals surface area (Å²) in [5.74, 6) is 0. The third-order valence-corrected chi connectivity index (χ3v) is 3.59. The van der Waals surface area contributed by atoms with Gasteiger partial charge >= 0.3 is 0 Å². The first-order valence-corrected chi connectivity index (χ1v) is 6.58. The van der Waals surface area contributed by atoms with Gasteiger partial charge in [-0.3, -0.25) is 4.72 Å². The van der Waals surface area contributed by atoms with Crippen molar-refractivity contribution in [2.75, 3.05) is 4.72 Å². The Labute approximate surface area is 92.7 Å². The number of nitrogens with zero attached hydrogens (tertiary/aromatic N) is 1. The van der Waals surface area contributed by atoms with Gasteiger partial charge in [0.2, 0.25) is 0 Å². The number of nitrogens with two attached hydrogens (primary N) is 1. The predicted octanol–water partition coefficient (Wildman–Crippen LogP) is 1.11. The molecule has 0 aromatic carbocycles. The standard InChI is InChI=1S/C8H11N3O2S2/c1-3-6-5(2)14-8(7(6)4-9)11-15(10,12)13/h11H,3H2,1-2H3,(H2,10,12,13). The molecule has 0 radical (unpaired) electrons. The van der Waals surface area contributed by atoms with Gasteiger partial charge in [-0.15, -0.1) is 11.3 Å². The van der Waals surface area contributed by atoms with Crippen LogP contribution in [0.2, 0.25) is 0 Å². The van der Waals surface area contributed by atoms with Crippen LogP contribution in [0.15, 0.2) is 0 Å². The van der Waals surface area contributed by atoms with Crippen LogP contribution in [-0.4, -0.2) is 8.42 Å². The fourth-order valence-electron chi connectivity index (χ4n) is 1.32. The molecule has 0 aliphatic rings. The summed E-state index contributed by atoms with van der Waals surface area (Å²) >= 11 is 1.22. The van der Waals surface area contributed by atoms with Gasteiger partial charge in [0.25, 0.3) is 10.2 Å². The SMILES string of the molecule is CCc1c(C)sc(NS(N)(=O)=O)c1C#N. The van der Waals surface area contributed by atoms with Crippen LogP contribution in [0.4, 0.5) is 5.00 Å². The maximum absolute atomic E-state index is 10.8. The molecule has 0 aliphatic heterocycles. The fourth-order valence-corrected chi connectivity index (χ4v) is 3.15. The summed E-state index contributed by atoms with van der Waals surface area (Å²) in [7, 11) is -3.81. The lowest BCUT2D eigenvalue weighted by atomic mass is 10.1. The predicted molar refractivity (Wildman–Crippen MR) is 59.9 cm³/mol. The van der Waals surface area contributed by atoms with Crippen LogP contribution < -0.4 is 9.86 Å². The van der Waals surface area contributed by atoms with Gasteiger partial charge < -0.3 is 0 Å². The third kappa shape index (κ3) is 2.68. The maximum Gasteiger partial charge on any atom is 0.297 e. The number of aryl methyl sites for hydroxylation is 1. The summed E-state index contributed by atoms with van der Waals surface area (Å²) in [6.45, 7) is 3.76. The van der Waals surface area contributed by atoms with Gasteiger partial charge in [0, 0.05) is 4.88 Å². The van der Waals surface area contributed by atoms with E-state index in [4.69, 9.17) is 10.4 Å². The molecule has 0 unspecified atom stereocenters. The summed E-state index contributed by atoms with van der Waals surface area (Å²) in [6, 6.07) is 1.99. The van der Waals surface area contributed by atoms with E-state index < -0.39 is 10.2 Å². The smallest absolute Gasteiger partial charge is 0.261 e. The second kappa shape index (κ2) is 4.18. The van der Waals surface area contributed by atoms with Crippen molar-refractivity contribution in [3.8, 4) is 6.07 Å². The second-order valence-corrected chi connectivity index (χ2v) is 5.47. The summed E-state index contributed by atoms with van der Waals surface area (Å²) in [4.78, 5) is 0.931. The lowest BCUT2D eigenvalue weighted by Crippen LogP contribution is -2.21. The number of nitriles is 1. The number of anilines is 1. The number of nitrogens with one attached hydrogen (secondary N) is 1. The monoisotopic (exact) mass is 245 g/mol. The molecule has 1 heterocycles. The zero-order chi connectivity index (χ0) is 11.6. The van der Waals surface area contributed by atoms with E-state index >= 15 is 0 Å². The molecule has 7 heteroatoms. The molecule has 1 aromatic heterocycles. The highest BCUT2D eigenvalue weighted by Crippen LogP contribution is 2.32.